The standard InChI is InChI=1S/C18H28N2O/c1-14(2)20-11-10-16(13-20)12-19-18(21)9-8-17-7-5-4-6-15(17)3/h4-7,14,16H,8-13H2,1-3H3,(H,19,21). The van der Waals surface area contributed by atoms with Crippen molar-refractivity contribution in [2.45, 2.75) is 46.1 Å². The smallest absolute Gasteiger partial charge is 0.220 e. The molecule has 1 atom stereocenters. The molecule has 116 valence electrons. The van der Waals surface area contributed by atoms with Crippen LogP contribution in [0.5, 0.6) is 0 Å². The second-order valence-electron chi connectivity index (χ2n) is 6.47. The first kappa shape index (κ1) is 16.0. The van der Waals surface area contributed by atoms with E-state index in [0.717, 1.165) is 19.5 Å². The lowest BCUT2D eigenvalue weighted by molar-refractivity contribution is -0.121. The molecule has 1 unspecified atom stereocenters. The van der Waals surface area contributed by atoms with Gasteiger partial charge in [0.05, 0.1) is 0 Å². The van der Waals surface area contributed by atoms with E-state index in [-0.39, 0.29) is 5.91 Å². The number of rotatable bonds is 6. The Morgan fingerprint density at radius 1 is 1.38 bits per heavy atom. The molecule has 1 saturated heterocycles. The van der Waals surface area contributed by atoms with E-state index in [4.69, 9.17) is 0 Å². The number of benzene rings is 1. The number of nitrogens with one attached hydrogen (secondary N) is 1. The summed E-state index contributed by atoms with van der Waals surface area (Å²) in [6.07, 6.45) is 2.63. The van der Waals surface area contributed by atoms with Crippen molar-refractivity contribution in [1.29, 1.82) is 0 Å². The SMILES string of the molecule is Cc1ccccc1CCC(=O)NCC1CCN(C(C)C)C1. The molecule has 1 amide bonds. The van der Waals surface area contributed by atoms with Crippen molar-refractivity contribution in [2.75, 3.05) is 19.6 Å². The maximum Gasteiger partial charge on any atom is 0.220 e. The van der Waals surface area contributed by atoms with Crippen LogP contribution in [0.3, 0.4) is 0 Å². The van der Waals surface area contributed by atoms with Gasteiger partial charge in [-0.25, -0.2) is 0 Å². The Morgan fingerprint density at radius 2 is 2.14 bits per heavy atom. The molecule has 3 nitrogen and oxygen atoms in total. The molecule has 0 spiro atoms. The second-order valence-corrected chi connectivity index (χ2v) is 6.47. The van der Waals surface area contributed by atoms with E-state index in [9.17, 15) is 4.79 Å². The van der Waals surface area contributed by atoms with Crippen LogP contribution in [0.1, 0.15) is 37.8 Å². The molecule has 1 aromatic carbocycles. The third kappa shape index (κ3) is 4.85. The molecule has 1 N–H and O–H groups in total. The van der Waals surface area contributed by atoms with Crippen molar-refractivity contribution in [2.24, 2.45) is 5.92 Å². The topological polar surface area (TPSA) is 32.3 Å². The fourth-order valence-corrected chi connectivity index (χ4v) is 2.98. The maximum absolute atomic E-state index is 12.0. The first-order valence-corrected chi connectivity index (χ1v) is 8.11. The number of nitrogens with zero attached hydrogens (tertiary/aromatic N) is 1. The Morgan fingerprint density at radius 3 is 2.81 bits per heavy atom. The summed E-state index contributed by atoms with van der Waals surface area (Å²) in [5, 5.41) is 3.11. The van der Waals surface area contributed by atoms with Crippen LogP contribution in [-0.4, -0.2) is 36.5 Å². The number of carbonyl (C=O) groups is 1. The van der Waals surface area contributed by atoms with Gasteiger partial charge in [0, 0.05) is 25.6 Å². The highest BCUT2D eigenvalue weighted by Gasteiger charge is 2.24. The van der Waals surface area contributed by atoms with Crippen molar-refractivity contribution in [3.05, 3.63) is 35.4 Å². The molecule has 0 aliphatic carbocycles. The van der Waals surface area contributed by atoms with Gasteiger partial charge in [-0.1, -0.05) is 24.3 Å². The highest BCUT2D eigenvalue weighted by atomic mass is 16.1. The minimum atomic E-state index is 0.182. The predicted octanol–water partition coefficient (Wildman–Crippen LogP) is 2.77. The van der Waals surface area contributed by atoms with Crippen LogP contribution in [0.4, 0.5) is 0 Å². The van der Waals surface area contributed by atoms with Crippen molar-refractivity contribution in [3.63, 3.8) is 0 Å². The lowest BCUT2D eigenvalue weighted by atomic mass is 10.0. The predicted molar refractivity (Wildman–Crippen MR) is 87.3 cm³/mol. The summed E-state index contributed by atoms with van der Waals surface area (Å²) in [4.78, 5) is 14.5. The van der Waals surface area contributed by atoms with Crippen LogP contribution in [-0.2, 0) is 11.2 Å². The summed E-state index contributed by atoms with van der Waals surface area (Å²) in [6.45, 7) is 9.70. The van der Waals surface area contributed by atoms with Crippen molar-refractivity contribution in [1.82, 2.24) is 10.2 Å². The molecule has 0 bridgehead atoms. The zero-order valence-corrected chi connectivity index (χ0v) is 13.6. The average Bonchev–Trinajstić information content (AvgIpc) is 2.93. The molecule has 1 aliphatic rings. The number of carbonyl (C=O) groups excluding carboxylic acids is 1. The van der Waals surface area contributed by atoms with Gasteiger partial charge < -0.3 is 10.2 Å². The molecule has 1 fully saturated rings. The number of hydrogen-bond donors (Lipinski definition) is 1. The Labute approximate surface area is 128 Å². The van der Waals surface area contributed by atoms with Crippen molar-refractivity contribution >= 4 is 5.91 Å². The average molecular weight is 288 g/mol. The molecule has 21 heavy (non-hydrogen) atoms. The lowest BCUT2D eigenvalue weighted by Crippen LogP contribution is -2.33. The van der Waals surface area contributed by atoms with Gasteiger partial charge in [0.1, 0.15) is 0 Å². The van der Waals surface area contributed by atoms with Crippen molar-refractivity contribution in [3.8, 4) is 0 Å². The van der Waals surface area contributed by atoms with Gasteiger partial charge in [-0.05, 0) is 57.2 Å². The Kier molecular flexibility index (Phi) is 5.80. The quantitative estimate of drug-likeness (QED) is 0.873. The van der Waals surface area contributed by atoms with Gasteiger partial charge in [0.2, 0.25) is 5.91 Å². The van der Waals surface area contributed by atoms with E-state index < -0.39 is 0 Å². The Balaban J connectivity index is 1.68. The van der Waals surface area contributed by atoms with Gasteiger partial charge in [0.25, 0.3) is 0 Å². The van der Waals surface area contributed by atoms with E-state index in [2.05, 4.69) is 43.1 Å². The van der Waals surface area contributed by atoms with Crippen molar-refractivity contribution < 1.29 is 4.79 Å². The molecule has 1 heterocycles. The number of amides is 1. The molecular weight excluding hydrogens is 260 g/mol. The van der Waals surface area contributed by atoms with E-state index in [0.29, 0.717) is 18.4 Å². The van der Waals surface area contributed by atoms with Gasteiger partial charge in [-0.2, -0.15) is 0 Å². The Hall–Kier alpha value is -1.35. The largest absolute Gasteiger partial charge is 0.356 e. The normalized spacial score (nSPS) is 19.1. The summed E-state index contributed by atoms with van der Waals surface area (Å²) in [5.74, 6) is 0.802. The minimum absolute atomic E-state index is 0.182. The van der Waals surface area contributed by atoms with Crippen LogP contribution in [0.2, 0.25) is 0 Å². The molecule has 0 radical (unpaired) electrons. The highest BCUT2D eigenvalue weighted by molar-refractivity contribution is 5.76. The molecule has 1 aromatic rings. The summed E-state index contributed by atoms with van der Waals surface area (Å²) >= 11 is 0. The van der Waals surface area contributed by atoms with E-state index >= 15 is 0 Å². The molecule has 1 aliphatic heterocycles. The van der Waals surface area contributed by atoms with Crippen LogP contribution < -0.4 is 5.32 Å². The van der Waals surface area contributed by atoms with Gasteiger partial charge in [-0.3, -0.25) is 4.79 Å². The summed E-state index contributed by atoms with van der Waals surface area (Å²) in [7, 11) is 0. The highest BCUT2D eigenvalue weighted by Crippen LogP contribution is 2.17. The lowest BCUT2D eigenvalue weighted by Gasteiger charge is -2.20. The van der Waals surface area contributed by atoms with Crippen LogP contribution in [0, 0.1) is 12.8 Å². The third-order valence-electron chi connectivity index (χ3n) is 4.52. The van der Waals surface area contributed by atoms with Gasteiger partial charge in [-0.15, -0.1) is 0 Å². The van der Waals surface area contributed by atoms with Gasteiger partial charge in [0.15, 0.2) is 0 Å². The van der Waals surface area contributed by atoms with Gasteiger partial charge >= 0.3 is 0 Å². The minimum Gasteiger partial charge on any atom is -0.356 e. The summed E-state index contributed by atoms with van der Waals surface area (Å²) < 4.78 is 0. The Bertz CT molecular complexity index is 470. The second kappa shape index (κ2) is 7.60. The fourth-order valence-electron chi connectivity index (χ4n) is 2.98. The summed E-state index contributed by atoms with van der Waals surface area (Å²) in [5.41, 5.74) is 2.55. The fraction of sp³-hybridized carbons (Fsp3) is 0.611. The van der Waals surface area contributed by atoms with Crippen LogP contribution in [0.25, 0.3) is 0 Å². The van der Waals surface area contributed by atoms with E-state index in [1.54, 1.807) is 0 Å². The number of aryl methyl sites for hydroxylation is 2. The third-order valence-corrected chi connectivity index (χ3v) is 4.52. The molecule has 0 aromatic heterocycles. The van der Waals surface area contributed by atoms with E-state index in [1.165, 1.54) is 24.1 Å². The zero-order valence-electron chi connectivity index (χ0n) is 13.6. The molecular formula is C18H28N2O. The first-order chi connectivity index (χ1) is 10.1. The monoisotopic (exact) mass is 288 g/mol. The first-order valence-electron chi connectivity index (χ1n) is 8.11. The van der Waals surface area contributed by atoms with Crippen LogP contribution >= 0.6 is 0 Å². The van der Waals surface area contributed by atoms with Crippen LogP contribution in [0.15, 0.2) is 24.3 Å². The number of likely N-dealkylation sites (tertiary alicyclic amines) is 1. The maximum atomic E-state index is 12.0. The molecule has 0 saturated carbocycles. The zero-order chi connectivity index (χ0) is 15.2. The number of hydrogen-bond acceptors (Lipinski definition) is 2. The molecule has 3 heteroatoms. The molecule has 2 rings (SSSR count). The summed E-state index contributed by atoms with van der Waals surface area (Å²) in [6, 6.07) is 8.91. The van der Waals surface area contributed by atoms with E-state index in [1.807, 2.05) is 12.1 Å².